The number of anilines is 1. The lowest BCUT2D eigenvalue weighted by Gasteiger charge is -2.16. The Hall–Kier alpha value is -5.09. The fourth-order valence-corrected chi connectivity index (χ4v) is 4.60. The van der Waals surface area contributed by atoms with Gasteiger partial charge in [0.25, 0.3) is 6.43 Å². The molecule has 0 saturated heterocycles. The van der Waals surface area contributed by atoms with Crippen molar-refractivity contribution >= 4 is 23.1 Å². The lowest BCUT2D eigenvalue weighted by molar-refractivity contribution is -0.191. The molecule has 0 aliphatic carbocycles. The standard InChI is InChI=1S/C29H27F3N6O.CO2/c1-15(2)20-6-5-7-22-26(20)35-23(38(22)4)14-39-28-24(18-12-16(3)34-21(13-18)27(31)32)25(36-29(33)37-28)17-8-10-19(30)11-9-17;2-1-3/h5-13,15,27H,14H2,1-4H3,(H2,33,36,37);. The first-order valence-corrected chi connectivity index (χ1v) is 12.8. The molecule has 0 spiro atoms. The van der Waals surface area contributed by atoms with Crippen LogP contribution in [0.4, 0.5) is 19.1 Å². The SMILES string of the molecule is Cc1cc(-c2c(OCc3nc4c(C(C)C)cccc4n3C)nc(N)nc2-c2ccc(F)cc2)cc(C(F)F)n1.O=C=O. The molecule has 5 rings (SSSR count). The van der Waals surface area contributed by atoms with Crippen LogP contribution in [0.15, 0.2) is 54.6 Å². The number of halogens is 3. The highest BCUT2D eigenvalue weighted by atomic mass is 19.3. The summed E-state index contributed by atoms with van der Waals surface area (Å²) in [7, 11) is 1.90. The first kappa shape index (κ1) is 29.9. The quantitative estimate of drug-likeness (QED) is 0.244. The largest absolute Gasteiger partial charge is 0.469 e. The molecule has 12 heteroatoms. The van der Waals surface area contributed by atoms with Crippen molar-refractivity contribution in [1.29, 1.82) is 0 Å². The number of nitrogens with two attached hydrogens (primary N) is 1. The zero-order chi connectivity index (χ0) is 30.6. The van der Waals surface area contributed by atoms with Gasteiger partial charge in [-0.25, -0.2) is 23.1 Å². The van der Waals surface area contributed by atoms with Crippen molar-refractivity contribution in [3.8, 4) is 28.3 Å². The topological polar surface area (TPSA) is 126 Å². The maximum atomic E-state index is 13.7. The molecule has 0 atom stereocenters. The van der Waals surface area contributed by atoms with E-state index in [2.05, 4.69) is 34.9 Å². The van der Waals surface area contributed by atoms with E-state index in [1.165, 1.54) is 30.3 Å². The fourth-order valence-electron chi connectivity index (χ4n) is 4.60. The number of hydrogen-bond acceptors (Lipinski definition) is 8. The molecule has 9 nitrogen and oxygen atoms in total. The molecule has 0 bridgehead atoms. The third-order valence-corrected chi connectivity index (χ3v) is 6.49. The number of benzene rings is 2. The summed E-state index contributed by atoms with van der Waals surface area (Å²) in [6.45, 7) is 5.87. The molecule has 0 aliphatic rings. The van der Waals surface area contributed by atoms with Crippen molar-refractivity contribution in [2.45, 2.75) is 39.7 Å². The summed E-state index contributed by atoms with van der Waals surface area (Å²) in [6, 6.07) is 14.6. The average Bonchev–Trinajstić information content (AvgIpc) is 3.27. The van der Waals surface area contributed by atoms with Crippen LogP contribution in [-0.2, 0) is 23.2 Å². The number of rotatable bonds is 7. The zero-order valence-electron chi connectivity index (χ0n) is 23.2. The van der Waals surface area contributed by atoms with Gasteiger partial charge in [-0.05, 0) is 66.4 Å². The maximum Gasteiger partial charge on any atom is 0.373 e. The second kappa shape index (κ2) is 12.6. The number of pyridine rings is 1. The number of para-hydroxylation sites is 1. The van der Waals surface area contributed by atoms with Crippen molar-refractivity contribution < 1.29 is 27.5 Å². The first-order valence-electron chi connectivity index (χ1n) is 12.8. The monoisotopic (exact) mass is 576 g/mol. The van der Waals surface area contributed by atoms with Crippen LogP contribution in [0.5, 0.6) is 5.88 Å². The van der Waals surface area contributed by atoms with E-state index in [1.807, 2.05) is 23.7 Å². The number of aromatic nitrogens is 5. The Kier molecular flexibility index (Phi) is 8.97. The minimum atomic E-state index is -2.79. The van der Waals surface area contributed by atoms with E-state index in [1.54, 1.807) is 13.0 Å². The zero-order valence-corrected chi connectivity index (χ0v) is 23.2. The molecule has 0 aliphatic heterocycles. The lowest BCUT2D eigenvalue weighted by atomic mass is 9.99. The molecular formula is C30H27F3N6O3. The Labute approximate surface area is 239 Å². The van der Waals surface area contributed by atoms with Crippen LogP contribution in [0.1, 0.15) is 49.0 Å². The number of alkyl halides is 2. The Morgan fingerprint density at radius 2 is 1.67 bits per heavy atom. The fraction of sp³-hybridized carbons (Fsp3) is 0.233. The lowest BCUT2D eigenvalue weighted by Crippen LogP contribution is -2.08. The number of carbonyl (C=O) groups excluding carboxylic acids is 2. The van der Waals surface area contributed by atoms with Gasteiger partial charge in [0.1, 0.15) is 23.9 Å². The molecule has 0 radical (unpaired) electrons. The second-order valence-corrected chi connectivity index (χ2v) is 9.67. The normalized spacial score (nSPS) is 11.0. The molecule has 2 aromatic carbocycles. The smallest absolute Gasteiger partial charge is 0.373 e. The van der Waals surface area contributed by atoms with Gasteiger partial charge in [0.15, 0.2) is 0 Å². The summed E-state index contributed by atoms with van der Waals surface area (Å²) < 4.78 is 49.2. The highest BCUT2D eigenvalue weighted by Crippen LogP contribution is 2.39. The van der Waals surface area contributed by atoms with E-state index in [0.717, 1.165) is 16.6 Å². The summed E-state index contributed by atoms with van der Waals surface area (Å²) in [6.07, 6.45) is -2.54. The molecule has 0 saturated carbocycles. The van der Waals surface area contributed by atoms with Gasteiger partial charge >= 0.3 is 6.15 Å². The predicted molar refractivity (Wildman–Crippen MR) is 149 cm³/mol. The Balaban J connectivity index is 0.00000129. The number of ether oxygens (including phenoxy) is 1. The summed E-state index contributed by atoms with van der Waals surface area (Å²) in [4.78, 5) is 33.7. The predicted octanol–water partition coefficient (Wildman–Crippen LogP) is 6.18. The Bertz CT molecular complexity index is 1770. The van der Waals surface area contributed by atoms with E-state index in [-0.39, 0.29) is 30.5 Å². The number of imidazole rings is 1. The second-order valence-electron chi connectivity index (χ2n) is 9.67. The summed E-state index contributed by atoms with van der Waals surface area (Å²) >= 11 is 0. The minimum Gasteiger partial charge on any atom is -0.469 e. The van der Waals surface area contributed by atoms with Crippen molar-refractivity contribution in [2.75, 3.05) is 5.73 Å². The maximum absolute atomic E-state index is 13.7. The van der Waals surface area contributed by atoms with Crippen LogP contribution >= 0.6 is 0 Å². The van der Waals surface area contributed by atoms with Crippen LogP contribution in [0.3, 0.4) is 0 Å². The van der Waals surface area contributed by atoms with E-state index < -0.39 is 17.9 Å². The molecule has 216 valence electrons. The number of nitrogen functional groups attached to an aromatic ring is 1. The van der Waals surface area contributed by atoms with Crippen molar-refractivity contribution in [3.63, 3.8) is 0 Å². The number of hydrogen-bond donors (Lipinski definition) is 1. The van der Waals surface area contributed by atoms with Crippen LogP contribution in [0.25, 0.3) is 33.4 Å². The highest BCUT2D eigenvalue weighted by Gasteiger charge is 2.22. The average molecular weight is 577 g/mol. The summed E-state index contributed by atoms with van der Waals surface area (Å²) in [5.74, 6) is 0.497. The van der Waals surface area contributed by atoms with Gasteiger partial charge in [0.05, 0.1) is 22.3 Å². The molecule has 5 aromatic rings. The molecule has 42 heavy (non-hydrogen) atoms. The van der Waals surface area contributed by atoms with Gasteiger partial charge in [-0.15, -0.1) is 0 Å². The van der Waals surface area contributed by atoms with E-state index >= 15 is 0 Å². The highest BCUT2D eigenvalue weighted by molar-refractivity contribution is 5.85. The van der Waals surface area contributed by atoms with E-state index in [4.69, 9.17) is 25.0 Å². The van der Waals surface area contributed by atoms with E-state index in [0.29, 0.717) is 33.9 Å². The van der Waals surface area contributed by atoms with Gasteiger partial charge < -0.3 is 15.0 Å². The third-order valence-electron chi connectivity index (χ3n) is 6.49. The van der Waals surface area contributed by atoms with Crippen LogP contribution < -0.4 is 10.5 Å². The number of aryl methyl sites for hydroxylation is 2. The van der Waals surface area contributed by atoms with Crippen LogP contribution in [-0.4, -0.2) is 30.7 Å². The van der Waals surface area contributed by atoms with Crippen molar-refractivity contribution in [2.24, 2.45) is 7.05 Å². The minimum absolute atomic E-state index is 0.0286. The van der Waals surface area contributed by atoms with Gasteiger partial charge in [0.2, 0.25) is 11.8 Å². The van der Waals surface area contributed by atoms with Gasteiger partial charge in [-0.3, -0.25) is 4.98 Å². The van der Waals surface area contributed by atoms with Crippen LogP contribution in [0.2, 0.25) is 0 Å². The van der Waals surface area contributed by atoms with Gasteiger partial charge in [-0.1, -0.05) is 26.0 Å². The Morgan fingerprint density at radius 3 is 2.31 bits per heavy atom. The first-order chi connectivity index (χ1) is 20.0. The summed E-state index contributed by atoms with van der Waals surface area (Å²) in [5.41, 5.74) is 10.6. The molecular weight excluding hydrogens is 549 g/mol. The molecule has 0 unspecified atom stereocenters. The summed E-state index contributed by atoms with van der Waals surface area (Å²) in [5, 5.41) is 0. The molecule has 3 aromatic heterocycles. The number of fused-ring (bicyclic) bond motifs is 1. The van der Waals surface area contributed by atoms with Crippen molar-refractivity contribution in [1.82, 2.24) is 24.5 Å². The molecule has 0 amide bonds. The molecule has 0 fully saturated rings. The van der Waals surface area contributed by atoms with Crippen LogP contribution in [0, 0.1) is 12.7 Å². The Morgan fingerprint density at radius 1 is 0.976 bits per heavy atom. The van der Waals surface area contributed by atoms with Gasteiger partial charge in [0, 0.05) is 18.3 Å². The van der Waals surface area contributed by atoms with E-state index in [9.17, 15) is 13.2 Å². The van der Waals surface area contributed by atoms with Crippen molar-refractivity contribution in [3.05, 3.63) is 83.2 Å². The molecule has 3 heterocycles. The third kappa shape index (κ3) is 6.29. The van der Waals surface area contributed by atoms with Gasteiger partial charge in [-0.2, -0.15) is 14.6 Å². The molecule has 2 N–H and O–H groups in total. The number of nitrogens with zero attached hydrogens (tertiary/aromatic N) is 5.